The second kappa shape index (κ2) is 4.75. The van der Waals surface area contributed by atoms with E-state index in [4.69, 9.17) is 0 Å². The fourth-order valence-corrected chi connectivity index (χ4v) is 2.07. The van der Waals surface area contributed by atoms with Gasteiger partial charge in [0.15, 0.2) is 0 Å². The van der Waals surface area contributed by atoms with Crippen LogP contribution in [-0.2, 0) is 0 Å². The molecule has 0 unspecified atom stereocenters. The van der Waals surface area contributed by atoms with Crippen LogP contribution >= 0.6 is 0 Å². The number of nitrogens with zero attached hydrogens (tertiary/aromatic N) is 3. The third-order valence-corrected chi connectivity index (χ3v) is 3.14. The number of hydrogen-bond acceptors (Lipinski definition) is 4. The predicted molar refractivity (Wildman–Crippen MR) is 77.2 cm³/mol. The fourth-order valence-electron chi connectivity index (χ4n) is 2.07. The lowest BCUT2D eigenvalue weighted by atomic mass is 10.1. The second-order valence-corrected chi connectivity index (χ2v) is 4.49. The van der Waals surface area contributed by atoms with E-state index in [1.807, 2.05) is 0 Å². The van der Waals surface area contributed by atoms with Crippen molar-refractivity contribution in [2.45, 2.75) is 0 Å². The monoisotopic (exact) mass is 281 g/mol. The molecule has 1 N–H and O–H groups in total. The molecule has 1 heterocycles. The van der Waals surface area contributed by atoms with Crippen molar-refractivity contribution >= 4 is 29.2 Å². The van der Waals surface area contributed by atoms with E-state index in [0.717, 1.165) is 0 Å². The summed E-state index contributed by atoms with van der Waals surface area (Å²) in [5.74, 6) is -0.501. The smallest absolute Gasteiger partial charge is 0.231 e. The van der Waals surface area contributed by atoms with Gasteiger partial charge >= 0.3 is 0 Å². The maximum atomic E-state index is 12.3. The summed E-state index contributed by atoms with van der Waals surface area (Å²) in [7, 11) is 0. The average molecular weight is 281 g/mol. The third-order valence-electron chi connectivity index (χ3n) is 3.14. The van der Waals surface area contributed by atoms with Gasteiger partial charge in [-0.15, -0.1) is 0 Å². The molecule has 0 saturated carbocycles. The summed E-state index contributed by atoms with van der Waals surface area (Å²) < 4.78 is 1.11. The summed E-state index contributed by atoms with van der Waals surface area (Å²) in [5, 5.41) is 21.3. The van der Waals surface area contributed by atoms with Gasteiger partial charge in [-0.1, -0.05) is 30.3 Å². The highest BCUT2D eigenvalue weighted by Gasteiger charge is 2.19. The molecular formula is C15H11N3O3. The Balaban J connectivity index is 2.14. The Kier molecular flexibility index (Phi) is 2.91. The summed E-state index contributed by atoms with van der Waals surface area (Å²) >= 11 is 0. The van der Waals surface area contributed by atoms with E-state index >= 15 is 0 Å². The fraction of sp³-hybridized carbons (Fsp3) is 0. The Labute approximate surface area is 119 Å². The lowest BCUT2D eigenvalue weighted by Gasteiger charge is -2.01. The Morgan fingerprint density at radius 1 is 1.24 bits per heavy atom. The van der Waals surface area contributed by atoms with E-state index in [1.54, 1.807) is 36.4 Å². The highest BCUT2D eigenvalue weighted by atomic mass is 16.5. The van der Waals surface area contributed by atoms with Crippen LogP contribution in [0.25, 0.3) is 11.0 Å². The SMILES string of the molecule is C=[N+]([O-])c1ccc2nc(C(=O)c3ccccc3)n(O)c2c1. The van der Waals surface area contributed by atoms with Crippen molar-refractivity contribution in [1.29, 1.82) is 0 Å². The number of aromatic nitrogens is 2. The topological polar surface area (TPSA) is 81.2 Å². The molecule has 6 nitrogen and oxygen atoms in total. The van der Waals surface area contributed by atoms with Crippen LogP contribution in [-0.4, -0.2) is 32.2 Å². The number of imidazole rings is 1. The van der Waals surface area contributed by atoms with Crippen LogP contribution in [0.3, 0.4) is 0 Å². The van der Waals surface area contributed by atoms with Crippen LogP contribution in [0.5, 0.6) is 0 Å². The van der Waals surface area contributed by atoms with Crippen molar-refractivity contribution in [2.24, 2.45) is 0 Å². The Hall–Kier alpha value is -3.15. The number of hydrogen-bond donors (Lipinski definition) is 1. The molecule has 3 rings (SSSR count). The summed E-state index contributed by atoms with van der Waals surface area (Å²) in [4.78, 5) is 16.4. The Bertz CT molecular complexity index is 853. The lowest BCUT2D eigenvalue weighted by Crippen LogP contribution is -2.09. The Morgan fingerprint density at radius 2 is 1.95 bits per heavy atom. The van der Waals surface area contributed by atoms with Crippen LogP contribution in [0.4, 0.5) is 5.69 Å². The van der Waals surface area contributed by atoms with Crippen LogP contribution in [0.15, 0.2) is 48.5 Å². The molecule has 0 radical (unpaired) electrons. The lowest BCUT2D eigenvalue weighted by molar-refractivity contribution is -0.349. The molecular weight excluding hydrogens is 270 g/mol. The molecule has 6 heteroatoms. The number of fused-ring (bicyclic) bond motifs is 1. The minimum absolute atomic E-state index is 0.102. The van der Waals surface area contributed by atoms with Gasteiger partial charge in [0, 0.05) is 17.7 Å². The summed E-state index contributed by atoms with van der Waals surface area (Å²) in [6.45, 7) is 3.23. The molecule has 0 aliphatic carbocycles. The largest absolute Gasteiger partial charge is 0.619 e. The first-order valence-electron chi connectivity index (χ1n) is 6.17. The van der Waals surface area contributed by atoms with E-state index < -0.39 is 5.78 Å². The molecule has 0 aliphatic heterocycles. The zero-order valence-electron chi connectivity index (χ0n) is 10.9. The highest BCUT2D eigenvalue weighted by molar-refractivity contribution is 6.08. The van der Waals surface area contributed by atoms with Gasteiger partial charge in [-0.2, -0.15) is 9.47 Å². The average Bonchev–Trinajstić information content (AvgIpc) is 2.84. The second-order valence-electron chi connectivity index (χ2n) is 4.49. The third kappa shape index (κ3) is 2.12. The molecule has 0 bridgehead atoms. The van der Waals surface area contributed by atoms with Crippen LogP contribution in [0.2, 0.25) is 0 Å². The van der Waals surface area contributed by atoms with Gasteiger partial charge in [-0.3, -0.25) is 4.79 Å². The van der Waals surface area contributed by atoms with Gasteiger partial charge < -0.3 is 10.4 Å². The molecule has 0 fully saturated rings. The van der Waals surface area contributed by atoms with Crippen molar-refractivity contribution in [1.82, 2.24) is 9.71 Å². The van der Waals surface area contributed by atoms with Crippen LogP contribution in [0.1, 0.15) is 16.2 Å². The van der Waals surface area contributed by atoms with Crippen molar-refractivity contribution in [2.75, 3.05) is 0 Å². The van der Waals surface area contributed by atoms with Gasteiger partial charge in [-0.05, 0) is 6.07 Å². The molecule has 0 saturated heterocycles. The maximum Gasteiger partial charge on any atom is 0.231 e. The molecule has 0 amide bonds. The van der Waals surface area contributed by atoms with Gasteiger partial charge in [-0.25, -0.2) is 4.98 Å². The first-order chi connectivity index (χ1) is 10.1. The van der Waals surface area contributed by atoms with Gasteiger partial charge in [0.05, 0.1) is 5.52 Å². The standard InChI is InChI=1S/C15H11N3O3/c1-17(20)11-7-8-12-13(9-11)18(21)15(16-12)14(19)10-5-3-2-4-6-10/h2-9,21H,1H2. The summed E-state index contributed by atoms with van der Waals surface area (Å²) in [5.41, 5.74) is 1.38. The van der Waals surface area contributed by atoms with Crippen LogP contribution < -0.4 is 0 Å². The van der Waals surface area contributed by atoms with Gasteiger partial charge in [0.25, 0.3) is 0 Å². The minimum Gasteiger partial charge on any atom is -0.619 e. The Morgan fingerprint density at radius 3 is 2.62 bits per heavy atom. The van der Waals surface area contributed by atoms with Crippen molar-refractivity contribution in [3.8, 4) is 0 Å². The van der Waals surface area contributed by atoms with Crippen molar-refractivity contribution in [3.05, 3.63) is 65.1 Å². The van der Waals surface area contributed by atoms with Crippen molar-refractivity contribution in [3.63, 3.8) is 0 Å². The summed E-state index contributed by atoms with van der Waals surface area (Å²) in [6, 6.07) is 13.0. The molecule has 0 spiro atoms. The number of carbonyl (C=O) groups excluding carboxylic acids is 1. The summed E-state index contributed by atoms with van der Waals surface area (Å²) in [6.07, 6.45) is 0. The van der Waals surface area contributed by atoms with Gasteiger partial charge in [0.2, 0.25) is 17.3 Å². The molecule has 0 aliphatic rings. The molecule has 2 aromatic carbocycles. The van der Waals surface area contributed by atoms with E-state index in [2.05, 4.69) is 11.7 Å². The molecule has 104 valence electrons. The number of ketones is 1. The zero-order valence-corrected chi connectivity index (χ0v) is 10.9. The quantitative estimate of drug-likeness (QED) is 0.199. The van der Waals surface area contributed by atoms with E-state index in [9.17, 15) is 15.2 Å². The van der Waals surface area contributed by atoms with Gasteiger partial charge in [0.1, 0.15) is 12.2 Å². The normalized spacial score (nSPS) is 10.7. The zero-order chi connectivity index (χ0) is 15.0. The first kappa shape index (κ1) is 12.9. The maximum absolute atomic E-state index is 12.3. The number of benzene rings is 2. The molecule has 21 heavy (non-hydrogen) atoms. The van der Waals surface area contributed by atoms with E-state index in [1.165, 1.54) is 12.1 Å². The first-order valence-corrected chi connectivity index (χ1v) is 6.17. The highest BCUT2D eigenvalue weighted by Crippen LogP contribution is 2.22. The molecule has 3 aromatic rings. The molecule has 1 aromatic heterocycles. The minimum atomic E-state index is -0.399. The number of rotatable bonds is 3. The molecule has 0 atom stereocenters. The number of carbonyl (C=O) groups is 1. The predicted octanol–water partition coefficient (Wildman–Crippen LogP) is 2.35. The van der Waals surface area contributed by atoms with E-state index in [0.29, 0.717) is 20.5 Å². The van der Waals surface area contributed by atoms with Crippen LogP contribution in [0, 0.1) is 5.21 Å². The van der Waals surface area contributed by atoms with Crippen molar-refractivity contribution < 1.29 is 14.7 Å². The van der Waals surface area contributed by atoms with E-state index in [-0.39, 0.29) is 17.0 Å².